The molecule has 2 aromatic rings. The van der Waals surface area contributed by atoms with E-state index in [0.29, 0.717) is 0 Å². The summed E-state index contributed by atoms with van der Waals surface area (Å²) in [6.07, 6.45) is 1.40. The van der Waals surface area contributed by atoms with Crippen LogP contribution in [0.25, 0.3) is 0 Å². The number of alkyl carbamates (subject to hydrolysis) is 1. The van der Waals surface area contributed by atoms with E-state index in [1.807, 2.05) is 73.7 Å². The first kappa shape index (κ1) is 15.8. The highest BCUT2D eigenvalue weighted by Gasteiger charge is 2.19. The first-order valence-corrected chi connectivity index (χ1v) is 7.35. The van der Waals surface area contributed by atoms with Crippen LogP contribution in [0.15, 0.2) is 73.3 Å². The first-order valence-electron chi connectivity index (χ1n) is 7.35. The lowest BCUT2D eigenvalue weighted by Crippen LogP contribution is -2.32. The molecule has 0 unspecified atom stereocenters. The van der Waals surface area contributed by atoms with Crippen LogP contribution in [0.4, 0.5) is 4.79 Å². The largest absolute Gasteiger partial charge is 0.445 e. The van der Waals surface area contributed by atoms with Gasteiger partial charge >= 0.3 is 6.09 Å². The van der Waals surface area contributed by atoms with E-state index < -0.39 is 6.09 Å². The normalized spacial score (nSPS) is 13.0. The minimum absolute atomic E-state index is 0.103. The quantitative estimate of drug-likeness (QED) is 0.798. The zero-order valence-corrected chi connectivity index (χ0v) is 12.7. The fourth-order valence-electron chi connectivity index (χ4n) is 2.21. The molecule has 1 amide bonds. The second-order valence-electron chi connectivity index (χ2n) is 5.19. The van der Waals surface area contributed by atoms with Gasteiger partial charge in [0.05, 0.1) is 6.04 Å². The smallest absolute Gasteiger partial charge is 0.407 e. The fraction of sp³-hybridized carbons (Fsp3) is 0.211. The lowest BCUT2D eigenvalue weighted by molar-refractivity contribution is 0.133. The number of rotatable bonds is 6. The molecule has 22 heavy (non-hydrogen) atoms. The van der Waals surface area contributed by atoms with Gasteiger partial charge in [0.1, 0.15) is 6.61 Å². The highest BCUT2D eigenvalue weighted by atomic mass is 16.5. The Kier molecular flexibility index (Phi) is 5.78. The van der Waals surface area contributed by atoms with Gasteiger partial charge in [-0.05, 0) is 17.0 Å². The van der Waals surface area contributed by atoms with Crippen LogP contribution in [0.3, 0.4) is 0 Å². The van der Waals surface area contributed by atoms with Gasteiger partial charge in [0.25, 0.3) is 0 Å². The summed E-state index contributed by atoms with van der Waals surface area (Å²) in [5.74, 6) is 0.103. The summed E-state index contributed by atoms with van der Waals surface area (Å²) in [6.45, 7) is 6.09. The van der Waals surface area contributed by atoms with E-state index in [1.54, 1.807) is 0 Å². The Hall–Kier alpha value is -2.55. The van der Waals surface area contributed by atoms with Crippen LogP contribution in [0, 0.1) is 5.92 Å². The van der Waals surface area contributed by atoms with E-state index in [2.05, 4.69) is 11.9 Å². The van der Waals surface area contributed by atoms with Crippen molar-refractivity contribution in [2.24, 2.45) is 5.92 Å². The van der Waals surface area contributed by atoms with Crippen molar-refractivity contribution in [3.63, 3.8) is 0 Å². The number of ether oxygens (including phenoxy) is 1. The third-order valence-corrected chi connectivity index (χ3v) is 3.54. The lowest BCUT2D eigenvalue weighted by atomic mass is 9.95. The molecule has 0 aliphatic carbocycles. The summed E-state index contributed by atoms with van der Waals surface area (Å²) in [4.78, 5) is 12.1. The average molecular weight is 295 g/mol. The number of nitrogens with one attached hydrogen (secondary N) is 1. The maximum Gasteiger partial charge on any atom is 0.407 e. The molecule has 0 radical (unpaired) electrons. The van der Waals surface area contributed by atoms with E-state index in [9.17, 15) is 4.79 Å². The third-order valence-electron chi connectivity index (χ3n) is 3.54. The number of carbonyl (C=O) groups is 1. The maximum atomic E-state index is 12.1. The predicted molar refractivity (Wildman–Crippen MR) is 88.3 cm³/mol. The van der Waals surface area contributed by atoms with Crippen molar-refractivity contribution in [2.75, 3.05) is 0 Å². The summed E-state index contributed by atoms with van der Waals surface area (Å²) in [7, 11) is 0. The highest BCUT2D eigenvalue weighted by Crippen LogP contribution is 2.22. The molecule has 3 nitrogen and oxygen atoms in total. The maximum absolute atomic E-state index is 12.1. The molecule has 0 bridgehead atoms. The average Bonchev–Trinajstić information content (AvgIpc) is 2.59. The third kappa shape index (κ3) is 4.48. The number of hydrogen-bond acceptors (Lipinski definition) is 2. The van der Waals surface area contributed by atoms with Gasteiger partial charge in [-0.25, -0.2) is 4.79 Å². The van der Waals surface area contributed by atoms with E-state index in [4.69, 9.17) is 4.74 Å². The van der Waals surface area contributed by atoms with Gasteiger partial charge in [-0.3, -0.25) is 0 Å². The zero-order valence-electron chi connectivity index (χ0n) is 12.7. The number of amides is 1. The fourth-order valence-corrected chi connectivity index (χ4v) is 2.21. The van der Waals surface area contributed by atoms with Crippen molar-refractivity contribution < 1.29 is 9.53 Å². The molecule has 0 saturated heterocycles. The SMILES string of the molecule is C=C[C@H](C)[C@H](NC(=O)OCc1ccccc1)c1ccccc1. The minimum atomic E-state index is -0.425. The van der Waals surface area contributed by atoms with Crippen LogP contribution in [0.5, 0.6) is 0 Å². The Morgan fingerprint density at radius 3 is 2.32 bits per heavy atom. The molecular weight excluding hydrogens is 274 g/mol. The second kappa shape index (κ2) is 8.03. The van der Waals surface area contributed by atoms with E-state index >= 15 is 0 Å². The highest BCUT2D eigenvalue weighted by molar-refractivity contribution is 5.68. The van der Waals surface area contributed by atoms with Crippen molar-refractivity contribution in [3.8, 4) is 0 Å². The molecule has 0 aliphatic heterocycles. The van der Waals surface area contributed by atoms with E-state index in [0.717, 1.165) is 11.1 Å². The van der Waals surface area contributed by atoms with Crippen molar-refractivity contribution in [2.45, 2.75) is 19.6 Å². The number of benzene rings is 2. The van der Waals surface area contributed by atoms with Gasteiger partial charge in [0, 0.05) is 0 Å². The van der Waals surface area contributed by atoms with Gasteiger partial charge < -0.3 is 10.1 Å². The Labute approximate surface area is 131 Å². The molecule has 0 heterocycles. The van der Waals surface area contributed by atoms with Crippen molar-refractivity contribution in [3.05, 3.63) is 84.4 Å². The molecule has 0 saturated carbocycles. The summed E-state index contributed by atoms with van der Waals surface area (Å²) in [5.41, 5.74) is 2.00. The molecule has 0 aliphatic rings. The molecule has 0 fully saturated rings. The number of hydrogen-bond donors (Lipinski definition) is 1. The van der Waals surface area contributed by atoms with Gasteiger partial charge in [0.2, 0.25) is 0 Å². The predicted octanol–water partition coefficient (Wildman–Crippen LogP) is 4.48. The topological polar surface area (TPSA) is 38.3 Å². The summed E-state index contributed by atoms with van der Waals surface area (Å²) in [5, 5.41) is 2.92. The molecule has 0 spiro atoms. The second-order valence-corrected chi connectivity index (χ2v) is 5.19. The molecule has 3 heteroatoms. The Morgan fingerprint density at radius 2 is 1.73 bits per heavy atom. The zero-order chi connectivity index (χ0) is 15.8. The monoisotopic (exact) mass is 295 g/mol. The van der Waals surface area contributed by atoms with Crippen LogP contribution in [-0.2, 0) is 11.3 Å². The summed E-state index contributed by atoms with van der Waals surface area (Å²) in [6, 6.07) is 19.3. The molecule has 2 rings (SSSR count). The van der Waals surface area contributed by atoms with Crippen LogP contribution in [0.2, 0.25) is 0 Å². The number of carbonyl (C=O) groups excluding carboxylic acids is 1. The lowest BCUT2D eigenvalue weighted by Gasteiger charge is -2.23. The minimum Gasteiger partial charge on any atom is -0.445 e. The van der Waals surface area contributed by atoms with Crippen LogP contribution in [0.1, 0.15) is 24.1 Å². The van der Waals surface area contributed by atoms with Gasteiger partial charge in [-0.15, -0.1) is 6.58 Å². The summed E-state index contributed by atoms with van der Waals surface area (Å²) >= 11 is 0. The molecule has 2 atom stereocenters. The van der Waals surface area contributed by atoms with Gasteiger partial charge in [-0.2, -0.15) is 0 Å². The molecule has 1 N–H and O–H groups in total. The van der Waals surface area contributed by atoms with Gasteiger partial charge in [-0.1, -0.05) is 73.7 Å². The molecule has 0 aromatic heterocycles. The van der Waals surface area contributed by atoms with E-state index in [-0.39, 0.29) is 18.6 Å². The molecule has 2 aromatic carbocycles. The van der Waals surface area contributed by atoms with Crippen molar-refractivity contribution in [1.82, 2.24) is 5.32 Å². The summed E-state index contributed by atoms with van der Waals surface area (Å²) < 4.78 is 5.29. The van der Waals surface area contributed by atoms with Crippen LogP contribution in [-0.4, -0.2) is 6.09 Å². The molecule has 114 valence electrons. The Bertz CT molecular complexity index is 595. The Balaban J connectivity index is 1.98. The van der Waals surface area contributed by atoms with Crippen molar-refractivity contribution >= 4 is 6.09 Å². The van der Waals surface area contributed by atoms with Gasteiger partial charge in [0.15, 0.2) is 0 Å². The van der Waals surface area contributed by atoms with Crippen molar-refractivity contribution in [1.29, 1.82) is 0 Å². The van der Waals surface area contributed by atoms with E-state index in [1.165, 1.54) is 0 Å². The standard InChI is InChI=1S/C19H21NO2/c1-3-15(2)18(17-12-8-5-9-13-17)20-19(21)22-14-16-10-6-4-7-11-16/h3-13,15,18H,1,14H2,2H3,(H,20,21)/t15-,18-/m0/s1. The Morgan fingerprint density at radius 1 is 1.14 bits per heavy atom. The van der Waals surface area contributed by atoms with Crippen LogP contribution < -0.4 is 5.32 Å². The molecular formula is C19H21NO2. The van der Waals surface area contributed by atoms with Crippen LogP contribution >= 0.6 is 0 Å². The first-order chi connectivity index (χ1) is 10.7.